The van der Waals surface area contributed by atoms with Gasteiger partial charge in [0.25, 0.3) is 15.7 Å². The van der Waals surface area contributed by atoms with Crippen molar-refractivity contribution in [2.75, 3.05) is 25.5 Å². The number of allylic oxidation sites excluding steroid dienone is 5. The molecule has 0 radical (unpaired) electrons. The van der Waals surface area contributed by atoms with Crippen LogP contribution in [0.15, 0.2) is 109 Å². The Labute approximate surface area is 291 Å². The van der Waals surface area contributed by atoms with Crippen molar-refractivity contribution in [2.24, 2.45) is 0 Å². The molecular weight excluding hydrogens is 667 g/mol. The number of ether oxygens (including phenoxy) is 2. The molecule has 1 aromatic heterocycles. The Morgan fingerprint density at radius 3 is 2.33 bits per heavy atom. The predicted octanol–water partition coefficient (Wildman–Crippen LogP) is 6.01. The molecule has 3 rings (SSSR count). The zero-order chi connectivity index (χ0) is 35.6. The lowest BCUT2D eigenvalue weighted by Crippen LogP contribution is -2.31. The van der Waals surface area contributed by atoms with E-state index in [0.29, 0.717) is 11.3 Å². The Balaban J connectivity index is 1.40. The fourth-order valence-electron chi connectivity index (χ4n) is 4.26. The number of nitrogens with zero attached hydrogens (tertiary/aromatic N) is 2. The highest BCUT2D eigenvalue weighted by Crippen LogP contribution is 2.25. The number of hydrogen-bond acceptors (Lipinski definition) is 10. The van der Waals surface area contributed by atoms with Crippen molar-refractivity contribution in [1.82, 2.24) is 10.5 Å². The van der Waals surface area contributed by atoms with E-state index in [0.717, 1.165) is 30.6 Å². The molecule has 0 saturated heterocycles. The third-order valence-electron chi connectivity index (χ3n) is 6.88. The number of sulfone groups is 1. The van der Waals surface area contributed by atoms with Crippen LogP contribution in [0.5, 0.6) is 5.88 Å². The van der Waals surface area contributed by atoms with Gasteiger partial charge in [-0.15, -0.1) is 11.8 Å². The topological polar surface area (TPSA) is 152 Å². The SMILES string of the molecule is CC(C)=CCC/C(C)=C/CC/C(C)=C/CSc1ccccc1C(=O)NCC(=O)OCC#CCOc1no[n+]([O-])c1S(=O)(=O)c1ccccc1. The molecule has 1 N–H and O–H groups in total. The number of nitrogens with one attached hydrogen (secondary N) is 1. The van der Waals surface area contributed by atoms with E-state index in [2.05, 4.69) is 72.9 Å². The molecular formula is C36H41N3O8S2. The standard InChI is InChI=1S/C36H41N3O8S2/c1-27(2)14-12-15-28(3)16-13-17-29(4)22-25-48-32-21-9-8-20-31(32)34(41)37-26-33(40)45-23-10-11-24-46-35-36(39(42)47-38-35)49(43,44)30-18-6-5-7-19-30/h5-9,14,16,18-22H,12-13,15,17,23-26H2,1-4H3,(H,37,41)/b28-16+,29-22+. The van der Waals surface area contributed by atoms with E-state index in [9.17, 15) is 23.2 Å². The van der Waals surface area contributed by atoms with Crippen LogP contribution in [0.3, 0.4) is 0 Å². The number of hydrogen-bond donors (Lipinski definition) is 1. The number of rotatable bonds is 17. The van der Waals surface area contributed by atoms with Crippen LogP contribution in [0.4, 0.5) is 0 Å². The van der Waals surface area contributed by atoms with E-state index < -0.39 is 32.6 Å². The first kappa shape index (κ1) is 38.6. The lowest BCUT2D eigenvalue weighted by molar-refractivity contribution is -0.832. The quantitative estimate of drug-likeness (QED) is 0.0581. The Kier molecular flexibility index (Phi) is 15.7. The number of thioether (sulfide) groups is 1. The molecule has 49 heavy (non-hydrogen) atoms. The van der Waals surface area contributed by atoms with Gasteiger partial charge in [-0.05, 0) is 82.5 Å². The number of aromatic nitrogens is 2. The van der Waals surface area contributed by atoms with Crippen LogP contribution in [0.1, 0.15) is 63.7 Å². The van der Waals surface area contributed by atoms with Gasteiger partial charge in [0.2, 0.25) is 0 Å². The highest BCUT2D eigenvalue weighted by molar-refractivity contribution is 7.99. The molecule has 11 nitrogen and oxygen atoms in total. The summed E-state index contributed by atoms with van der Waals surface area (Å²) in [6.45, 7) is 7.49. The maximum absolute atomic E-state index is 12.8. The average Bonchev–Trinajstić information content (AvgIpc) is 3.46. The fraction of sp³-hybridized carbons (Fsp3) is 0.333. The van der Waals surface area contributed by atoms with Crippen molar-refractivity contribution < 1.29 is 37.0 Å². The smallest absolute Gasteiger partial charge is 0.415 e. The highest BCUT2D eigenvalue weighted by atomic mass is 32.2. The first-order chi connectivity index (χ1) is 23.5. The summed E-state index contributed by atoms with van der Waals surface area (Å²) in [5, 5.41) is 17.1. The molecule has 0 aliphatic rings. The summed E-state index contributed by atoms with van der Waals surface area (Å²) in [5.41, 5.74) is 4.49. The second-order valence-electron chi connectivity index (χ2n) is 11.1. The predicted molar refractivity (Wildman–Crippen MR) is 186 cm³/mol. The Bertz CT molecular complexity index is 1830. The molecule has 0 atom stereocenters. The summed E-state index contributed by atoms with van der Waals surface area (Å²) in [5.74, 6) is 4.12. The summed E-state index contributed by atoms with van der Waals surface area (Å²) < 4.78 is 40.2. The molecule has 0 bridgehead atoms. The minimum absolute atomic E-state index is 0.141. The van der Waals surface area contributed by atoms with Crippen LogP contribution >= 0.6 is 11.8 Å². The summed E-state index contributed by atoms with van der Waals surface area (Å²) in [7, 11) is -4.26. The number of benzene rings is 2. The van der Waals surface area contributed by atoms with E-state index in [1.165, 1.54) is 41.0 Å². The number of esters is 1. The fourth-order valence-corrected chi connectivity index (χ4v) is 6.59. The van der Waals surface area contributed by atoms with Gasteiger partial charge >= 0.3 is 16.9 Å². The monoisotopic (exact) mass is 707 g/mol. The highest BCUT2D eigenvalue weighted by Gasteiger charge is 2.35. The Hall–Kier alpha value is -4.80. The van der Waals surface area contributed by atoms with Gasteiger partial charge < -0.3 is 20.0 Å². The van der Waals surface area contributed by atoms with Crippen molar-refractivity contribution in [2.45, 2.75) is 68.2 Å². The largest absolute Gasteiger partial charge is 0.451 e. The van der Waals surface area contributed by atoms with Crippen molar-refractivity contribution >= 4 is 33.5 Å². The van der Waals surface area contributed by atoms with Crippen molar-refractivity contribution in [1.29, 1.82) is 0 Å². The Morgan fingerprint density at radius 2 is 1.59 bits per heavy atom. The normalized spacial score (nSPS) is 11.7. The van der Waals surface area contributed by atoms with E-state index in [4.69, 9.17) is 9.47 Å². The summed E-state index contributed by atoms with van der Waals surface area (Å²) in [6.07, 6.45) is 10.9. The van der Waals surface area contributed by atoms with E-state index in [1.54, 1.807) is 30.0 Å². The number of amides is 1. The average molecular weight is 708 g/mol. The molecule has 0 aliphatic carbocycles. The van der Waals surface area contributed by atoms with Crippen LogP contribution in [-0.4, -0.2) is 51.0 Å². The summed E-state index contributed by atoms with van der Waals surface area (Å²) in [4.78, 5) is 25.4. The van der Waals surface area contributed by atoms with Crippen molar-refractivity contribution in [3.63, 3.8) is 0 Å². The summed E-state index contributed by atoms with van der Waals surface area (Å²) in [6, 6.07) is 14.5. The maximum atomic E-state index is 12.8. The number of carbonyl (C=O) groups excluding carboxylic acids is 2. The van der Waals surface area contributed by atoms with Crippen molar-refractivity contribution in [3.8, 4) is 17.7 Å². The zero-order valence-electron chi connectivity index (χ0n) is 28.1. The minimum Gasteiger partial charge on any atom is -0.451 e. The molecule has 1 amide bonds. The minimum atomic E-state index is -4.26. The lowest BCUT2D eigenvalue weighted by Gasteiger charge is -2.09. The molecule has 0 spiro atoms. The second-order valence-corrected chi connectivity index (χ2v) is 14.0. The van der Waals surface area contributed by atoms with E-state index >= 15 is 0 Å². The lowest BCUT2D eigenvalue weighted by atomic mass is 10.1. The molecule has 0 unspecified atom stereocenters. The van der Waals surface area contributed by atoms with Crippen molar-refractivity contribution in [3.05, 3.63) is 100 Å². The molecule has 3 aromatic rings. The third-order valence-corrected chi connectivity index (χ3v) is 9.61. The summed E-state index contributed by atoms with van der Waals surface area (Å²) >= 11 is 1.55. The Morgan fingerprint density at radius 1 is 0.939 bits per heavy atom. The van der Waals surface area contributed by atoms with Gasteiger partial charge in [-0.25, -0.2) is 8.42 Å². The van der Waals surface area contributed by atoms with E-state index in [-0.39, 0.29) is 29.6 Å². The first-order valence-electron chi connectivity index (χ1n) is 15.6. The molecule has 260 valence electrons. The van der Waals surface area contributed by atoms with Crippen LogP contribution < -0.4 is 15.0 Å². The van der Waals surface area contributed by atoms with Gasteiger partial charge in [0.15, 0.2) is 13.2 Å². The molecule has 2 aromatic carbocycles. The van der Waals surface area contributed by atoms with Crippen LogP contribution in [0.25, 0.3) is 0 Å². The van der Waals surface area contributed by atoms with Gasteiger partial charge in [-0.2, -0.15) is 0 Å². The molecule has 0 saturated carbocycles. The van der Waals surface area contributed by atoms with Gasteiger partial charge in [0.05, 0.1) is 15.6 Å². The van der Waals surface area contributed by atoms with Gasteiger partial charge in [0.1, 0.15) is 6.54 Å². The van der Waals surface area contributed by atoms with Crippen LogP contribution in [0.2, 0.25) is 0 Å². The van der Waals surface area contributed by atoms with Gasteiger partial charge in [0, 0.05) is 10.6 Å². The van der Waals surface area contributed by atoms with Gasteiger partial charge in [-0.1, -0.05) is 77.1 Å². The van der Waals surface area contributed by atoms with Crippen LogP contribution in [-0.2, 0) is 19.4 Å². The van der Waals surface area contributed by atoms with Gasteiger partial charge in [-0.3, -0.25) is 14.2 Å². The maximum Gasteiger partial charge on any atom is 0.415 e. The molecule has 0 fully saturated rings. The third kappa shape index (κ3) is 13.0. The van der Waals surface area contributed by atoms with E-state index in [1.807, 2.05) is 12.1 Å². The van der Waals surface area contributed by atoms with Crippen LogP contribution in [0, 0.1) is 17.0 Å². The molecule has 1 heterocycles. The molecule has 13 heteroatoms. The number of carbonyl (C=O) groups is 2. The second kappa shape index (κ2) is 19.9. The first-order valence-corrected chi connectivity index (χ1v) is 18.0. The zero-order valence-corrected chi connectivity index (χ0v) is 29.7. The molecule has 0 aliphatic heterocycles.